The van der Waals surface area contributed by atoms with Crippen LogP contribution in [0.5, 0.6) is 0 Å². The van der Waals surface area contributed by atoms with Crippen molar-refractivity contribution in [3.8, 4) is 33.8 Å². The van der Waals surface area contributed by atoms with Crippen LogP contribution < -0.4 is 0 Å². The highest BCUT2D eigenvalue weighted by Crippen LogP contribution is 2.43. The SMILES string of the molecule is c1ccc(-c2ccccc2-c2oc(-c3ccc4ccc5ccccc5c4c3)c3ccccc23)cc1. The van der Waals surface area contributed by atoms with E-state index in [1.54, 1.807) is 0 Å². The molecule has 0 aliphatic carbocycles. The highest BCUT2D eigenvalue weighted by Gasteiger charge is 2.19. The number of fused-ring (bicyclic) bond motifs is 4. The Balaban J connectivity index is 1.48. The average molecular weight is 447 g/mol. The lowest BCUT2D eigenvalue weighted by molar-refractivity contribution is 0.602. The first-order valence-corrected chi connectivity index (χ1v) is 11.9. The van der Waals surface area contributed by atoms with Gasteiger partial charge in [-0.1, -0.05) is 127 Å². The Bertz CT molecular complexity index is 1840. The van der Waals surface area contributed by atoms with Crippen molar-refractivity contribution in [3.63, 3.8) is 0 Å². The number of furan rings is 1. The molecule has 0 aliphatic heterocycles. The fourth-order valence-electron chi connectivity index (χ4n) is 5.20. The van der Waals surface area contributed by atoms with Gasteiger partial charge in [0.25, 0.3) is 0 Å². The predicted molar refractivity (Wildman–Crippen MR) is 148 cm³/mol. The van der Waals surface area contributed by atoms with E-state index >= 15 is 0 Å². The first-order valence-electron chi connectivity index (χ1n) is 11.9. The minimum Gasteiger partial charge on any atom is -0.455 e. The van der Waals surface area contributed by atoms with Crippen LogP contribution in [0.4, 0.5) is 0 Å². The quantitative estimate of drug-likeness (QED) is 0.246. The van der Waals surface area contributed by atoms with Crippen molar-refractivity contribution in [3.05, 3.63) is 133 Å². The molecule has 7 rings (SSSR count). The van der Waals surface area contributed by atoms with Gasteiger partial charge in [0.2, 0.25) is 0 Å². The van der Waals surface area contributed by atoms with E-state index in [4.69, 9.17) is 4.42 Å². The van der Waals surface area contributed by atoms with Crippen LogP contribution in [0.1, 0.15) is 0 Å². The van der Waals surface area contributed by atoms with Crippen molar-refractivity contribution in [2.45, 2.75) is 0 Å². The van der Waals surface area contributed by atoms with Crippen molar-refractivity contribution in [1.82, 2.24) is 0 Å². The standard InChI is InChI=1S/C34H22O/c1-2-10-23(11-3-1)27-13-6-7-15-29(27)34-31-17-9-8-16-30(31)33(35-34)26-21-20-25-19-18-24-12-4-5-14-28(24)32(25)22-26/h1-22H. The molecule has 35 heavy (non-hydrogen) atoms. The fourth-order valence-corrected chi connectivity index (χ4v) is 5.20. The summed E-state index contributed by atoms with van der Waals surface area (Å²) in [6.07, 6.45) is 0. The molecular formula is C34H22O. The summed E-state index contributed by atoms with van der Waals surface area (Å²) in [4.78, 5) is 0. The van der Waals surface area contributed by atoms with Crippen LogP contribution in [0.15, 0.2) is 138 Å². The van der Waals surface area contributed by atoms with Crippen LogP contribution in [0.3, 0.4) is 0 Å². The van der Waals surface area contributed by atoms with E-state index in [-0.39, 0.29) is 0 Å². The second kappa shape index (κ2) is 8.00. The molecule has 164 valence electrons. The van der Waals surface area contributed by atoms with Gasteiger partial charge in [-0.3, -0.25) is 0 Å². The zero-order chi connectivity index (χ0) is 23.2. The van der Waals surface area contributed by atoms with E-state index in [0.717, 1.165) is 33.4 Å². The van der Waals surface area contributed by atoms with Gasteiger partial charge < -0.3 is 4.42 Å². The summed E-state index contributed by atoms with van der Waals surface area (Å²) in [6, 6.07) is 47.1. The molecule has 0 bridgehead atoms. The molecule has 0 saturated carbocycles. The molecular weight excluding hydrogens is 424 g/mol. The molecule has 0 amide bonds. The zero-order valence-electron chi connectivity index (χ0n) is 19.1. The largest absolute Gasteiger partial charge is 0.455 e. The van der Waals surface area contributed by atoms with Gasteiger partial charge >= 0.3 is 0 Å². The summed E-state index contributed by atoms with van der Waals surface area (Å²) in [6.45, 7) is 0. The van der Waals surface area contributed by atoms with Gasteiger partial charge in [-0.2, -0.15) is 0 Å². The van der Waals surface area contributed by atoms with Crippen molar-refractivity contribution in [2.75, 3.05) is 0 Å². The molecule has 0 atom stereocenters. The van der Waals surface area contributed by atoms with Gasteiger partial charge in [0.15, 0.2) is 0 Å². The van der Waals surface area contributed by atoms with Gasteiger partial charge in [0.1, 0.15) is 11.5 Å². The van der Waals surface area contributed by atoms with Crippen LogP contribution in [0.2, 0.25) is 0 Å². The minimum absolute atomic E-state index is 0.910. The lowest BCUT2D eigenvalue weighted by atomic mass is 9.96. The summed E-state index contributed by atoms with van der Waals surface area (Å²) in [5, 5.41) is 7.25. The molecule has 0 radical (unpaired) electrons. The van der Waals surface area contributed by atoms with Crippen LogP contribution in [0, 0.1) is 0 Å². The maximum Gasteiger partial charge on any atom is 0.143 e. The molecule has 1 heteroatoms. The molecule has 0 saturated heterocycles. The normalized spacial score (nSPS) is 11.4. The Kier molecular flexibility index (Phi) is 4.53. The first-order chi connectivity index (χ1) is 17.4. The Morgan fingerprint density at radius 1 is 0.343 bits per heavy atom. The van der Waals surface area contributed by atoms with Crippen LogP contribution in [-0.4, -0.2) is 0 Å². The third-order valence-electron chi connectivity index (χ3n) is 6.89. The molecule has 7 aromatic rings. The van der Waals surface area contributed by atoms with Gasteiger partial charge in [-0.25, -0.2) is 0 Å². The van der Waals surface area contributed by atoms with E-state index in [9.17, 15) is 0 Å². The first kappa shape index (κ1) is 19.8. The van der Waals surface area contributed by atoms with Gasteiger partial charge in [-0.15, -0.1) is 0 Å². The number of benzene rings is 6. The van der Waals surface area contributed by atoms with Crippen LogP contribution in [0.25, 0.3) is 66.1 Å². The van der Waals surface area contributed by atoms with Crippen molar-refractivity contribution >= 4 is 32.3 Å². The van der Waals surface area contributed by atoms with E-state index in [0.29, 0.717) is 0 Å². The molecule has 1 nitrogen and oxygen atoms in total. The van der Waals surface area contributed by atoms with Gasteiger partial charge in [0, 0.05) is 21.9 Å². The van der Waals surface area contributed by atoms with E-state index in [2.05, 4.69) is 133 Å². The average Bonchev–Trinajstić information content (AvgIpc) is 3.33. The van der Waals surface area contributed by atoms with Gasteiger partial charge in [0.05, 0.1) is 0 Å². The number of hydrogen-bond donors (Lipinski definition) is 0. The second-order valence-corrected chi connectivity index (χ2v) is 8.94. The van der Waals surface area contributed by atoms with E-state index < -0.39 is 0 Å². The van der Waals surface area contributed by atoms with E-state index in [1.807, 2.05) is 0 Å². The lowest BCUT2D eigenvalue weighted by Crippen LogP contribution is -1.83. The molecule has 0 fully saturated rings. The Labute approximate surface area is 203 Å². The summed E-state index contributed by atoms with van der Waals surface area (Å²) >= 11 is 0. The third kappa shape index (κ3) is 3.25. The highest BCUT2D eigenvalue weighted by atomic mass is 16.3. The fraction of sp³-hybridized carbons (Fsp3) is 0. The number of hydrogen-bond acceptors (Lipinski definition) is 1. The monoisotopic (exact) mass is 446 g/mol. The van der Waals surface area contributed by atoms with Crippen molar-refractivity contribution < 1.29 is 4.42 Å². The smallest absolute Gasteiger partial charge is 0.143 e. The molecule has 1 heterocycles. The van der Waals surface area contributed by atoms with Crippen LogP contribution in [-0.2, 0) is 0 Å². The Hall–Kier alpha value is -4.62. The Morgan fingerprint density at radius 2 is 0.914 bits per heavy atom. The minimum atomic E-state index is 0.910. The highest BCUT2D eigenvalue weighted by molar-refractivity contribution is 6.10. The molecule has 0 aliphatic rings. The van der Waals surface area contributed by atoms with Gasteiger partial charge in [-0.05, 0) is 38.7 Å². The maximum atomic E-state index is 6.76. The topological polar surface area (TPSA) is 13.1 Å². The summed E-state index contributed by atoms with van der Waals surface area (Å²) in [5.74, 6) is 1.82. The molecule has 1 aromatic heterocycles. The Morgan fingerprint density at radius 3 is 1.71 bits per heavy atom. The molecule has 6 aromatic carbocycles. The summed E-state index contributed by atoms with van der Waals surface area (Å²) < 4.78 is 6.76. The van der Waals surface area contributed by atoms with Crippen molar-refractivity contribution in [2.24, 2.45) is 0 Å². The predicted octanol–water partition coefficient (Wildman–Crippen LogP) is 9.74. The second-order valence-electron chi connectivity index (χ2n) is 8.94. The molecule has 0 N–H and O–H groups in total. The molecule has 0 spiro atoms. The van der Waals surface area contributed by atoms with Crippen LogP contribution >= 0.6 is 0 Å². The summed E-state index contributed by atoms with van der Waals surface area (Å²) in [7, 11) is 0. The number of rotatable bonds is 3. The maximum absolute atomic E-state index is 6.76. The van der Waals surface area contributed by atoms with E-state index in [1.165, 1.54) is 32.7 Å². The third-order valence-corrected chi connectivity index (χ3v) is 6.89. The zero-order valence-corrected chi connectivity index (χ0v) is 19.1. The summed E-state index contributed by atoms with van der Waals surface area (Å²) in [5.41, 5.74) is 4.55. The van der Waals surface area contributed by atoms with Crippen molar-refractivity contribution in [1.29, 1.82) is 0 Å². The lowest BCUT2D eigenvalue weighted by Gasteiger charge is -2.08. The molecule has 0 unspecified atom stereocenters.